The number of rotatable bonds is 7. The summed E-state index contributed by atoms with van der Waals surface area (Å²) >= 11 is 0. The molecule has 92 valence electrons. The van der Waals surface area contributed by atoms with Crippen molar-refractivity contribution in [2.75, 3.05) is 0 Å². The monoisotopic (exact) mass is 229 g/mol. The molecule has 5 heteroatoms. The van der Waals surface area contributed by atoms with Crippen LogP contribution in [0.5, 0.6) is 0 Å². The zero-order valence-electron chi connectivity index (χ0n) is 9.64. The van der Waals surface area contributed by atoms with Crippen molar-refractivity contribution >= 4 is 11.9 Å². The van der Waals surface area contributed by atoms with Crippen LogP contribution in [-0.2, 0) is 9.59 Å². The van der Waals surface area contributed by atoms with Gasteiger partial charge in [-0.05, 0) is 18.8 Å². The van der Waals surface area contributed by atoms with Crippen molar-refractivity contribution in [3.05, 3.63) is 12.7 Å². The molecule has 0 unspecified atom stereocenters. The first-order valence-corrected chi connectivity index (χ1v) is 5.20. The van der Waals surface area contributed by atoms with Gasteiger partial charge in [0.15, 0.2) is 0 Å². The first-order chi connectivity index (χ1) is 7.38. The standard InChI is InChI=1S/C11H19NO4/c1-4-5-8(11(15)16)12-10(14)9(13)6-7(2)3/h4,7-9,13H,1,5-6H2,2-3H3,(H,12,14)(H,15,16)/t8-,9+/m1/s1. The number of hydrogen-bond acceptors (Lipinski definition) is 3. The molecule has 16 heavy (non-hydrogen) atoms. The van der Waals surface area contributed by atoms with E-state index in [1.807, 2.05) is 13.8 Å². The number of carbonyl (C=O) groups excluding carboxylic acids is 1. The van der Waals surface area contributed by atoms with Gasteiger partial charge in [0.2, 0.25) is 5.91 Å². The summed E-state index contributed by atoms with van der Waals surface area (Å²) < 4.78 is 0. The van der Waals surface area contributed by atoms with E-state index in [0.29, 0.717) is 6.42 Å². The molecule has 0 aliphatic heterocycles. The molecule has 0 rings (SSSR count). The molecule has 3 N–H and O–H groups in total. The number of aliphatic hydroxyl groups is 1. The summed E-state index contributed by atoms with van der Waals surface area (Å²) in [6.45, 7) is 7.15. The molecule has 1 amide bonds. The quantitative estimate of drug-likeness (QED) is 0.556. The van der Waals surface area contributed by atoms with Gasteiger partial charge in [-0.3, -0.25) is 4.79 Å². The highest BCUT2D eigenvalue weighted by Gasteiger charge is 2.23. The van der Waals surface area contributed by atoms with Gasteiger partial charge in [0, 0.05) is 0 Å². The highest BCUT2D eigenvalue weighted by atomic mass is 16.4. The Labute approximate surface area is 95.2 Å². The minimum absolute atomic E-state index is 0.134. The van der Waals surface area contributed by atoms with Gasteiger partial charge in [0.1, 0.15) is 12.1 Å². The van der Waals surface area contributed by atoms with Gasteiger partial charge >= 0.3 is 5.97 Å². The number of carbonyl (C=O) groups is 2. The van der Waals surface area contributed by atoms with E-state index in [1.54, 1.807) is 0 Å². The van der Waals surface area contributed by atoms with E-state index in [9.17, 15) is 14.7 Å². The second-order valence-corrected chi connectivity index (χ2v) is 4.07. The first kappa shape index (κ1) is 14.6. The van der Waals surface area contributed by atoms with Gasteiger partial charge in [-0.15, -0.1) is 6.58 Å². The van der Waals surface area contributed by atoms with E-state index in [2.05, 4.69) is 11.9 Å². The van der Waals surface area contributed by atoms with E-state index in [0.717, 1.165) is 0 Å². The maximum absolute atomic E-state index is 11.4. The lowest BCUT2D eigenvalue weighted by molar-refractivity contribution is -0.143. The predicted octanol–water partition coefficient (Wildman–Crippen LogP) is 0.539. The average Bonchev–Trinajstić information content (AvgIpc) is 2.15. The van der Waals surface area contributed by atoms with E-state index < -0.39 is 24.0 Å². The van der Waals surface area contributed by atoms with Crippen LogP contribution in [0.4, 0.5) is 0 Å². The molecule has 0 aromatic heterocycles. The number of aliphatic carboxylic acids is 1. The molecular formula is C11H19NO4. The second kappa shape index (κ2) is 7.00. The fraction of sp³-hybridized carbons (Fsp3) is 0.636. The largest absolute Gasteiger partial charge is 0.480 e. The number of carboxylic acids is 1. The van der Waals surface area contributed by atoms with Crippen LogP contribution >= 0.6 is 0 Å². The van der Waals surface area contributed by atoms with E-state index in [1.165, 1.54) is 6.08 Å². The SMILES string of the molecule is C=CC[C@@H](NC(=O)[C@@H](O)CC(C)C)C(=O)O. The zero-order valence-corrected chi connectivity index (χ0v) is 9.64. The number of nitrogens with one attached hydrogen (secondary N) is 1. The summed E-state index contributed by atoms with van der Waals surface area (Å²) in [6, 6.07) is -1.02. The molecule has 0 aromatic carbocycles. The maximum Gasteiger partial charge on any atom is 0.326 e. The molecule has 0 aromatic rings. The van der Waals surface area contributed by atoms with Crippen molar-refractivity contribution in [2.24, 2.45) is 5.92 Å². The molecule has 5 nitrogen and oxygen atoms in total. The van der Waals surface area contributed by atoms with Gasteiger partial charge < -0.3 is 15.5 Å². The minimum atomic E-state index is -1.16. The van der Waals surface area contributed by atoms with Crippen molar-refractivity contribution in [1.29, 1.82) is 0 Å². The van der Waals surface area contributed by atoms with Gasteiger partial charge in [-0.25, -0.2) is 4.79 Å². The lowest BCUT2D eigenvalue weighted by Gasteiger charge is -2.17. The Morgan fingerprint density at radius 2 is 2.00 bits per heavy atom. The van der Waals surface area contributed by atoms with Crippen LogP contribution in [0.2, 0.25) is 0 Å². The highest BCUT2D eigenvalue weighted by molar-refractivity contribution is 5.86. The van der Waals surface area contributed by atoms with Gasteiger partial charge in [-0.1, -0.05) is 19.9 Å². The van der Waals surface area contributed by atoms with Crippen molar-refractivity contribution in [2.45, 2.75) is 38.8 Å². The van der Waals surface area contributed by atoms with Crippen LogP contribution in [0.15, 0.2) is 12.7 Å². The zero-order chi connectivity index (χ0) is 12.7. The average molecular weight is 229 g/mol. The highest BCUT2D eigenvalue weighted by Crippen LogP contribution is 2.05. The van der Waals surface area contributed by atoms with Crippen LogP contribution in [-0.4, -0.2) is 34.2 Å². The van der Waals surface area contributed by atoms with E-state index in [4.69, 9.17) is 5.11 Å². The van der Waals surface area contributed by atoms with Crippen molar-refractivity contribution in [3.8, 4) is 0 Å². The molecule has 0 saturated heterocycles. The number of aliphatic hydroxyl groups excluding tert-OH is 1. The third-order valence-electron chi connectivity index (χ3n) is 2.01. The molecule has 0 heterocycles. The first-order valence-electron chi connectivity index (χ1n) is 5.20. The van der Waals surface area contributed by atoms with Gasteiger partial charge in [0.25, 0.3) is 0 Å². The fourth-order valence-corrected chi connectivity index (χ4v) is 1.21. The Bertz CT molecular complexity index is 263. The van der Waals surface area contributed by atoms with Crippen LogP contribution in [0, 0.1) is 5.92 Å². The van der Waals surface area contributed by atoms with Crippen LogP contribution in [0.25, 0.3) is 0 Å². The summed E-state index contributed by atoms with van der Waals surface area (Å²) in [5.41, 5.74) is 0. The van der Waals surface area contributed by atoms with E-state index >= 15 is 0 Å². The molecular weight excluding hydrogens is 210 g/mol. The maximum atomic E-state index is 11.4. The Balaban J connectivity index is 4.28. The van der Waals surface area contributed by atoms with Crippen molar-refractivity contribution in [1.82, 2.24) is 5.32 Å². The summed E-state index contributed by atoms with van der Waals surface area (Å²) in [6.07, 6.45) is 0.696. The van der Waals surface area contributed by atoms with Crippen molar-refractivity contribution < 1.29 is 19.8 Å². The van der Waals surface area contributed by atoms with Crippen molar-refractivity contribution in [3.63, 3.8) is 0 Å². The second-order valence-electron chi connectivity index (χ2n) is 4.07. The number of amides is 1. The summed E-state index contributed by atoms with van der Waals surface area (Å²) in [4.78, 5) is 22.1. The Kier molecular flexibility index (Phi) is 6.41. The third kappa shape index (κ3) is 5.50. The molecule has 0 saturated carbocycles. The summed E-state index contributed by atoms with van der Waals surface area (Å²) in [7, 11) is 0. The van der Waals surface area contributed by atoms with E-state index in [-0.39, 0.29) is 12.3 Å². The van der Waals surface area contributed by atoms with Gasteiger partial charge in [0.05, 0.1) is 0 Å². The number of carboxylic acid groups (broad SMARTS) is 1. The Hall–Kier alpha value is -1.36. The van der Waals surface area contributed by atoms with Gasteiger partial charge in [-0.2, -0.15) is 0 Å². The molecule has 0 radical (unpaired) electrons. The Morgan fingerprint density at radius 3 is 2.38 bits per heavy atom. The normalized spacial score (nSPS) is 14.2. The summed E-state index contributed by atoms with van der Waals surface area (Å²) in [5, 5.41) is 20.5. The predicted molar refractivity (Wildman–Crippen MR) is 59.8 cm³/mol. The van der Waals surface area contributed by atoms with Crippen LogP contribution in [0.3, 0.4) is 0 Å². The topological polar surface area (TPSA) is 86.6 Å². The fourth-order valence-electron chi connectivity index (χ4n) is 1.21. The Morgan fingerprint density at radius 1 is 1.44 bits per heavy atom. The third-order valence-corrected chi connectivity index (χ3v) is 2.01. The minimum Gasteiger partial charge on any atom is -0.480 e. The molecule has 0 aliphatic rings. The molecule has 0 bridgehead atoms. The summed E-state index contributed by atoms with van der Waals surface area (Å²) in [5.74, 6) is -1.61. The molecule has 2 atom stereocenters. The molecule has 0 fully saturated rings. The molecule has 0 aliphatic carbocycles. The lowest BCUT2D eigenvalue weighted by Crippen LogP contribution is -2.45. The van der Waals surface area contributed by atoms with Crippen LogP contribution < -0.4 is 5.32 Å². The lowest BCUT2D eigenvalue weighted by atomic mass is 10.1. The smallest absolute Gasteiger partial charge is 0.326 e. The number of hydrogen-bond donors (Lipinski definition) is 3. The molecule has 0 spiro atoms. The van der Waals surface area contributed by atoms with Crippen LogP contribution in [0.1, 0.15) is 26.7 Å².